The summed E-state index contributed by atoms with van der Waals surface area (Å²) in [5.74, 6) is 0.814. The van der Waals surface area contributed by atoms with Crippen molar-refractivity contribution in [2.24, 2.45) is 4.99 Å². The smallest absolute Gasteiger partial charge is 0.211 e. The molecule has 26 heavy (non-hydrogen) atoms. The molecule has 1 rings (SSSR count). The number of guanidine groups is 1. The van der Waals surface area contributed by atoms with Gasteiger partial charge in [-0.05, 0) is 32.3 Å². The molecule has 0 aliphatic rings. The molecule has 0 heterocycles. The summed E-state index contributed by atoms with van der Waals surface area (Å²) in [6.45, 7) is 6.16. The highest BCUT2D eigenvalue weighted by atomic mass is 32.2. The molecule has 7 nitrogen and oxygen atoms in total. The molecule has 0 aliphatic carbocycles. The molecule has 8 heteroatoms. The maximum Gasteiger partial charge on any atom is 0.211 e. The summed E-state index contributed by atoms with van der Waals surface area (Å²) in [7, 11) is -1.40. The molecule has 0 aromatic heterocycles. The van der Waals surface area contributed by atoms with Gasteiger partial charge < -0.3 is 15.4 Å². The minimum Gasteiger partial charge on any atom is -0.374 e. The largest absolute Gasteiger partial charge is 0.374 e. The topological polar surface area (TPSA) is 91.8 Å². The van der Waals surface area contributed by atoms with Crippen molar-refractivity contribution in [2.45, 2.75) is 32.8 Å². The first-order valence-corrected chi connectivity index (χ1v) is 10.7. The van der Waals surface area contributed by atoms with E-state index in [9.17, 15) is 8.42 Å². The van der Waals surface area contributed by atoms with E-state index in [-0.39, 0.29) is 11.9 Å². The van der Waals surface area contributed by atoms with E-state index >= 15 is 0 Å². The molecule has 1 unspecified atom stereocenters. The molecule has 148 valence electrons. The number of nitrogens with zero attached hydrogens (tertiary/aromatic N) is 1. The molecular weight excluding hydrogens is 352 g/mol. The molecular formula is C18H32N4O3S. The van der Waals surface area contributed by atoms with Gasteiger partial charge in [-0.1, -0.05) is 30.3 Å². The van der Waals surface area contributed by atoms with Crippen LogP contribution in [0.5, 0.6) is 0 Å². The highest BCUT2D eigenvalue weighted by molar-refractivity contribution is 7.89. The van der Waals surface area contributed by atoms with Gasteiger partial charge in [0.2, 0.25) is 10.0 Å². The molecule has 0 spiro atoms. The number of hydrogen-bond acceptors (Lipinski definition) is 4. The van der Waals surface area contributed by atoms with Gasteiger partial charge in [-0.3, -0.25) is 4.99 Å². The first-order chi connectivity index (χ1) is 12.5. The van der Waals surface area contributed by atoms with E-state index in [0.29, 0.717) is 32.1 Å². The monoisotopic (exact) mass is 384 g/mol. The van der Waals surface area contributed by atoms with Gasteiger partial charge in [0.15, 0.2) is 5.96 Å². The van der Waals surface area contributed by atoms with Gasteiger partial charge in [0.1, 0.15) is 0 Å². The fraction of sp³-hybridized carbons (Fsp3) is 0.611. The van der Waals surface area contributed by atoms with Crippen LogP contribution < -0.4 is 15.4 Å². The standard InChI is InChI=1S/C18H32N4O3S/c1-4-26(23,24)22-14-8-12-20-18(19-3)21-13-9-15-25-16(2)17-10-6-5-7-11-17/h5-7,10-11,16,22H,4,8-9,12-15H2,1-3H3,(H2,19,20,21). The maximum atomic E-state index is 11.3. The van der Waals surface area contributed by atoms with E-state index in [0.717, 1.165) is 13.0 Å². The number of rotatable bonds is 12. The van der Waals surface area contributed by atoms with Crippen molar-refractivity contribution in [2.75, 3.05) is 39.0 Å². The number of ether oxygens (including phenoxy) is 1. The van der Waals surface area contributed by atoms with Crippen LogP contribution in [0.25, 0.3) is 0 Å². The Kier molecular flexibility index (Phi) is 10.9. The average Bonchev–Trinajstić information content (AvgIpc) is 2.66. The maximum absolute atomic E-state index is 11.3. The summed E-state index contributed by atoms with van der Waals surface area (Å²) in [6, 6.07) is 10.2. The minimum atomic E-state index is -3.11. The summed E-state index contributed by atoms with van der Waals surface area (Å²) in [5.41, 5.74) is 1.18. The molecule has 0 amide bonds. The molecule has 0 saturated heterocycles. The molecule has 0 bridgehead atoms. The molecule has 0 saturated carbocycles. The van der Waals surface area contributed by atoms with Gasteiger partial charge in [0.25, 0.3) is 0 Å². The van der Waals surface area contributed by atoms with Crippen LogP contribution in [-0.2, 0) is 14.8 Å². The Hall–Kier alpha value is -1.64. The van der Waals surface area contributed by atoms with Crippen LogP contribution in [0.2, 0.25) is 0 Å². The van der Waals surface area contributed by atoms with Crippen molar-refractivity contribution in [1.29, 1.82) is 0 Å². The van der Waals surface area contributed by atoms with Crippen LogP contribution in [-0.4, -0.2) is 53.4 Å². The van der Waals surface area contributed by atoms with Crippen LogP contribution in [0.4, 0.5) is 0 Å². The Morgan fingerprint density at radius 1 is 1.12 bits per heavy atom. The third-order valence-corrected chi connectivity index (χ3v) is 5.23. The second-order valence-electron chi connectivity index (χ2n) is 5.85. The lowest BCUT2D eigenvalue weighted by molar-refractivity contribution is 0.0646. The van der Waals surface area contributed by atoms with E-state index in [1.807, 2.05) is 18.2 Å². The van der Waals surface area contributed by atoms with Crippen LogP contribution in [0.1, 0.15) is 38.4 Å². The van der Waals surface area contributed by atoms with Gasteiger partial charge >= 0.3 is 0 Å². The third-order valence-electron chi connectivity index (χ3n) is 3.82. The third kappa shape index (κ3) is 9.74. The van der Waals surface area contributed by atoms with Crippen molar-refractivity contribution in [3.8, 4) is 0 Å². The van der Waals surface area contributed by atoms with Gasteiger partial charge in [-0.15, -0.1) is 0 Å². The highest BCUT2D eigenvalue weighted by Crippen LogP contribution is 2.15. The van der Waals surface area contributed by atoms with Crippen molar-refractivity contribution >= 4 is 16.0 Å². The van der Waals surface area contributed by atoms with E-state index in [1.165, 1.54) is 5.56 Å². The summed E-state index contributed by atoms with van der Waals surface area (Å²) >= 11 is 0. The first-order valence-electron chi connectivity index (χ1n) is 9.07. The lowest BCUT2D eigenvalue weighted by Crippen LogP contribution is -2.39. The SMILES string of the molecule is CCS(=O)(=O)NCCCNC(=NC)NCCCOC(C)c1ccccc1. The number of aliphatic imine (C=N–C) groups is 1. The number of benzene rings is 1. The number of hydrogen-bond donors (Lipinski definition) is 3. The van der Waals surface area contributed by atoms with Crippen LogP contribution in [0, 0.1) is 0 Å². The average molecular weight is 385 g/mol. The predicted molar refractivity (Wildman–Crippen MR) is 107 cm³/mol. The van der Waals surface area contributed by atoms with Gasteiger partial charge in [0, 0.05) is 33.3 Å². The van der Waals surface area contributed by atoms with E-state index in [1.54, 1.807) is 14.0 Å². The fourth-order valence-corrected chi connectivity index (χ4v) is 2.86. The molecule has 1 aromatic rings. The number of nitrogens with one attached hydrogen (secondary N) is 3. The lowest BCUT2D eigenvalue weighted by Gasteiger charge is -2.15. The Labute approximate surface area is 157 Å². The zero-order chi connectivity index (χ0) is 19.3. The second-order valence-corrected chi connectivity index (χ2v) is 7.95. The molecule has 1 aromatic carbocycles. The van der Waals surface area contributed by atoms with Crippen molar-refractivity contribution < 1.29 is 13.2 Å². The van der Waals surface area contributed by atoms with Gasteiger partial charge in [-0.2, -0.15) is 0 Å². The summed E-state index contributed by atoms with van der Waals surface area (Å²) in [6.07, 6.45) is 1.65. The van der Waals surface area contributed by atoms with Crippen LogP contribution >= 0.6 is 0 Å². The minimum absolute atomic E-state index is 0.0838. The van der Waals surface area contributed by atoms with Crippen molar-refractivity contribution in [1.82, 2.24) is 15.4 Å². The van der Waals surface area contributed by atoms with Gasteiger partial charge in [0.05, 0.1) is 11.9 Å². The normalized spacial score (nSPS) is 13.4. The van der Waals surface area contributed by atoms with Crippen molar-refractivity contribution in [3.63, 3.8) is 0 Å². The van der Waals surface area contributed by atoms with Crippen molar-refractivity contribution in [3.05, 3.63) is 35.9 Å². The Bertz CT molecular complexity index is 621. The Morgan fingerprint density at radius 3 is 2.38 bits per heavy atom. The zero-order valence-electron chi connectivity index (χ0n) is 16.0. The molecule has 1 atom stereocenters. The highest BCUT2D eigenvalue weighted by Gasteiger charge is 2.05. The Balaban J connectivity index is 2.09. The summed E-state index contributed by atoms with van der Waals surface area (Å²) in [5, 5.41) is 6.38. The van der Waals surface area contributed by atoms with Crippen LogP contribution in [0.15, 0.2) is 35.3 Å². The van der Waals surface area contributed by atoms with Gasteiger partial charge in [-0.25, -0.2) is 13.1 Å². The number of sulfonamides is 1. The first kappa shape index (κ1) is 22.4. The van der Waals surface area contributed by atoms with E-state index in [2.05, 4.69) is 39.4 Å². The van der Waals surface area contributed by atoms with E-state index < -0.39 is 10.0 Å². The lowest BCUT2D eigenvalue weighted by atomic mass is 10.1. The molecule has 0 radical (unpaired) electrons. The van der Waals surface area contributed by atoms with Crippen LogP contribution in [0.3, 0.4) is 0 Å². The predicted octanol–water partition coefficient (Wildman–Crippen LogP) is 1.65. The Morgan fingerprint density at radius 2 is 1.77 bits per heavy atom. The quantitative estimate of drug-likeness (QED) is 0.290. The summed E-state index contributed by atoms with van der Waals surface area (Å²) < 4.78 is 31.0. The molecule has 3 N–H and O–H groups in total. The zero-order valence-corrected chi connectivity index (χ0v) is 16.8. The molecule has 0 aliphatic heterocycles. The fourth-order valence-electron chi connectivity index (χ4n) is 2.20. The molecule has 0 fully saturated rings. The van der Waals surface area contributed by atoms with E-state index in [4.69, 9.17) is 4.74 Å². The second kappa shape index (κ2) is 12.7. The summed E-state index contributed by atoms with van der Waals surface area (Å²) in [4.78, 5) is 4.15.